The van der Waals surface area contributed by atoms with E-state index < -0.39 is 0 Å². The maximum absolute atomic E-state index is 12.3. The number of nitrogens with one attached hydrogen (secondary N) is 2. The average molecular weight is 376 g/mol. The molecule has 28 heavy (non-hydrogen) atoms. The van der Waals surface area contributed by atoms with Crippen molar-refractivity contribution in [3.63, 3.8) is 0 Å². The molecule has 0 fully saturated rings. The molecule has 6 heteroatoms. The number of amides is 1. The van der Waals surface area contributed by atoms with Gasteiger partial charge in [0.1, 0.15) is 11.4 Å². The first-order valence-corrected chi connectivity index (χ1v) is 9.29. The number of carbonyl (C=O) groups is 1. The summed E-state index contributed by atoms with van der Waals surface area (Å²) in [7, 11) is 0. The summed E-state index contributed by atoms with van der Waals surface area (Å²) in [5.41, 5.74) is 6.49. The number of hydrogen-bond donors (Lipinski definition) is 2. The van der Waals surface area contributed by atoms with Crippen molar-refractivity contribution in [2.45, 2.75) is 26.7 Å². The predicted octanol–water partition coefficient (Wildman–Crippen LogP) is 4.36. The van der Waals surface area contributed by atoms with Gasteiger partial charge in [0.25, 0.3) is 5.91 Å². The molecular weight excluding hydrogens is 352 g/mol. The highest BCUT2D eigenvalue weighted by Gasteiger charge is 2.13. The Morgan fingerprint density at radius 3 is 2.68 bits per heavy atom. The van der Waals surface area contributed by atoms with Crippen LogP contribution in [0.2, 0.25) is 0 Å². The Morgan fingerprint density at radius 2 is 1.96 bits per heavy atom. The van der Waals surface area contributed by atoms with Gasteiger partial charge in [0.05, 0.1) is 18.5 Å². The quantitative estimate of drug-likeness (QED) is 0.475. The van der Waals surface area contributed by atoms with E-state index in [-0.39, 0.29) is 5.91 Å². The molecule has 0 aliphatic rings. The van der Waals surface area contributed by atoms with Crippen molar-refractivity contribution in [1.29, 1.82) is 0 Å². The summed E-state index contributed by atoms with van der Waals surface area (Å²) >= 11 is 0. The van der Waals surface area contributed by atoms with E-state index in [9.17, 15) is 4.79 Å². The van der Waals surface area contributed by atoms with Crippen molar-refractivity contribution in [1.82, 2.24) is 15.6 Å². The van der Waals surface area contributed by atoms with Crippen LogP contribution < -0.4 is 10.2 Å². The lowest BCUT2D eigenvalue weighted by molar-refractivity contribution is 0.0950. The van der Waals surface area contributed by atoms with E-state index in [1.54, 1.807) is 12.3 Å². The summed E-state index contributed by atoms with van der Waals surface area (Å²) in [6.07, 6.45) is 1.61. The number of hydrazone groups is 1. The van der Waals surface area contributed by atoms with Crippen LogP contribution in [0, 0.1) is 0 Å². The fraction of sp³-hybridized carbons (Fsp3) is 0.227. The molecule has 2 N–H and O–H groups in total. The maximum atomic E-state index is 12.3. The van der Waals surface area contributed by atoms with Crippen LogP contribution in [0.1, 0.15) is 48.3 Å². The second-order valence-electron chi connectivity index (χ2n) is 6.62. The number of para-hydroxylation sites is 1. The molecule has 6 nitrogen and oxygen atoms in total. The topological polar surface area (TPSA) is 79.4 Å². The molecule has 2 aromatic carbocycles. The number of H-pyrrole nitrogens is 1. The molecule has 1 heterocycles. The van der Waals surface area contributed by atoms with Gasteiger partial charge in [0, 0.05) is 5.56 Å². The third-order valence-electron chi connectivity index (χ3n) is 4.27. The van der Waals surface area contributed by atoms with E-state index in [1.807, 2.05) is 43.3 Å². The minimum Gasteiger partial charge on any atom is -0.493 e. The summed E-state index contributed by atoms with van der Waals surface area (Å²) in [4.78, 5) is 12.3. The Hall–Kier alpha value is -3.41. The monoisotopic (exact) mass is 376 g/mol. The molecule has 0 aliphatic heterocycles. The summed E-state index contributed by atoms with van der Waals surface area (Å²) in [6, 6.07) is 17.3. The number of ether oxygens (including phenoxy) is 1. The first kappa shape index (κ1) is 19.4. The molecule has 1 aromatic heterocycles. The van der Waals surface area contributed by atoms with Gasteiger partial charge in [-0.2, -0.15) is 10.2 Å². The van der Waals surface area contributed by atoms with Crippen LogP contribution in [-0.2, 0) is 0 Å². The number of nitrogens with zero attached hydrogens (tertiary/aromatic N) is 2. The van der Waals surface area contributed by atoms with Crippen LogP contribution in [0.4, 0.5) is 0 Å². The number of aromatic nitrogens is 2. The molecule has 1 amide bonds. The molecule has 0 unspecified atom stereocenters. The zero-order chi connectivity index (χ0) is 19.9. The minimum absolute atomic E-state index is 0.327. The van der Waals surface area contributed by atoms with Crippen LogP contribution >= 0.6 is 0 Å². The SMILES string of the molecule is CCOc1ccccc1-c1cc(C(=O)N/N=C\c2ccc(C(C)C)cc2)[nH]n1. The standard InChI is InChI=1S/C22H24N4O2/c1-4-28-21-8-6-5-7-18(21)19-13-20(25-24-19)22(27)26-23-14-16-9-11-17(12-10-16)15(2)3/h5-15H,4H2,1-3H3,(H,24,25)(H,26,27)/b23-14-. The molecule has 0 saturated carbocycles. The Kier molecular flexibility index (Phi) is 6.22. The van der Waals surface area contributed by atoms with Crippen LogP contribution in [-0.4, -0.2) is 28.9 Å². The van der Waals surface area contributed by atoms with E-state index in [1.165, 1.54) is 5.56 Å². The number of rotatable bonds is 7. The van der Waals surface area contributed by atoms with Gasteiger partial charge in [0.15, 0.2) is 0 Å². The van der Waals surface area contributed by atoms with Gasteiger partial charge in [-0.3, -0.25) is 9.89 Å². The van der Waals surface area contributed by atoms with E-state index in [0.717, 1.165) is 16.9 Å². The first-order chi connectivity index (χ1) is 13.6. The third kappa shape index (κ3) is 4.65. The summed E-state index contributed by atoms with van der Waals surface area (Å²) in [5.74, 6) is 0.849. The van der Waals surface area contributed by atoms with E-state index in [2.05, 4.69) is 46.7 Å². The Labute approximate surface area is 164 Å². The Balaban J connectivity index is 1.66. The number of carbonyl (C=O) groups excluding carboxylic acids is 1. The van der Waals surface area contributed by atoms with Crippen molar-refractivity contribution in [2.24, 2.45) is 5.10 Å². The van der Waals surface area contributed by atoms with E-state index in [4.69, 9.17) is 4.74 Å². The molecule has 3 aromatic rings. The van der Waals surface area contributed by atoms with Crippen molar-refractivity contribution < 1.29 is 9.53 Å². The van der Waals surface area contributed by atoms with E-state index >= 15 is 0 Å². The van der Waals surface area contributed by atoms with Gasteiger partial charge in [-0.25, -0.2) is 5.43 Å². The largest absolute Gasteiger partial charge is 0.493 e. The molecule has 0 saturated heterocycles. The third-order valence-corrected chi connectivity index (χ3v) is 4.27. The number of aromatic amines is 1. The van der Waals surface area contributed by atoms with Gasteiger partial charge in [-0.1, -0.05) is 50.2 Å². The lowest BCUT2D eigenvalue weighted by Crippen LogP contribution is -2.18. The van der Waals surface area contributed by atoms with Crippen molar-refractivity contribution in [2.75, 3.05) is 6.61 Å². The fourth-order valence-corrected chi connectivity index (χ4v) is 2.73. The van der Waals surface area contributed by atoms with Crippen molar-refractivity contribution >= 4 is 12.1 Å². The number of hydrogen-bond acceptors (Lipinski definition) is 4. The highest BCUT2D eigenvalue weighted by Crippen LogP contribution is 2.28. The zero-order valence-electron chi connectivity index (χ0n) is 16.3. The molecular formula is C22H24N4O2. The summed E-state index contributed by atoms with van der Waals surface area (Å²) < 4.78 is 5.62. The molecule has 144 valence electrons. The zero-order valence-corrected chi connectivity index (χ0v) is 16.3. The summed E-state index contributed by atoms with van der Waals surface area (Å²) in [6.45, 7) is 6.78. The van der Waals surface area contributed by atoms with Crippen molar-refractivity contribution in [3.8, 4) is 17.0 Å². The molecule has 0 radical (unpaired) electrons. The van der Waals surface area contributed by atoms with Crippen LogP contribution in [0.25, 0.3) is 11.3 Å². The molecule has 0 bridgehead atoms. The Bertz CT molecular complexity index is 959. The molecule has 3 rings (SSSR count). The predicted molar refractivity (Wildman–Crippen MR) is 111 cm³/mol. The van der Waals surface area contributed by atoms with Crippen LogP contribution in [0.5, 0.6) is 5.75 Å². The van der Waals surface area contributed by atoms with Crippen molar-refractivity contribution in [3.05, 3.63) is 71.4 Å². The highest BCUT2D eigenvalue weighted by molar-refractivity contribution is 5.94. The maximum Gasteiger partial charge on any atom is 0.289 e. The lowest BCUT2D eigenvalue weighted by Gasteiger charge is -2.07. The number of benzene rings is 2. The lowest BCUT2D eigenvalue weighted by atomic mass is 10.0. The highest BCUT2D eigenvalue weighted by atomic mass is 16.5. The smallest absolute Gasteiger partial charge is 0.289 e. The second kappa shape index (κ2) is 8.99. The van der Waals surface area contributed by atoms with Crippen LogP contribution in [0.15, 0.2) is 59.7 Å². The molecule has 0 spiro atoms. The average Bonchev–Trinajstić information content (AvgIpc) is 3.19. The normalized spacial score (nSPS) is 11.1. The van der Waals surface area contributed by atoms with Crippen LogP contribution in [0.3, 0.4) is 0 Å². The molecule has 0 atom stereocenters. The van der Waals surface area contributed by atoms with Gasteiger partial charge in [0.2, 0.25) is 0 Å². The Morgan fingerprint density at radius 1 is 1.21 bits per heavy atom. The summed E-state index contributed by atoms with van der Waals surface area (Å²) in [5, 5.41) is 11.0. The minimum atomic E-state index is -0.359. The fourth-order valence-electron chi connectivity index (χ4n) is 2.73. The van der Waals surface area contributed by atoms with Gasteiger partial charge in [-0.05, 0) is 42.2 Å². The first-order valence-electron chi connectivity index (χ1n) is 9.29. The molecule has 0 aliphatic carbocycles. The second-order valence-corrected chi connectivity index (χ2v) is 6.62. The van der Waals surface area contributed by atoms with E-state index in [0.29, 0.717) is 23.9 Å². The van der Waals surface area contributed by atoms with Gasteiger partial charge < -0.3 is 4.74 Å². The van der Waals surface area contributed by atoms with Gasteiger partial charge >= 0.3 is 0 Å². The van der Waals surface area contributed by atoms with Gasteiger partial charge in [-0.15, -0.1) is 0 Å².